The number of halogens is 1. The Morgan fingerprint density at radius 1 is 1.35 bits per heavy atom. The third-order valence-electron chi connectivity index (χ3n) is 3.54. The van der Waals surface area contributed by atoms with E-state index in [2.05, 4.69) is 21.2 Å². The van der Waals surface area contributed by atoms with Gasteiger partial charge in [-0.25, -0.2) is 4.79 Å². The summed E-state index contributed by atoms with van der Waals surface area (Å²) in [6.45, 7) is 2.55. The van der Waals surface area contributed by atoms with Gasteiger partial charge in [0.1, 0.15) is 5.54 Å². The fraction of sp³-hybridized carbons (Fsp3) is 0.429. The largest absolute Gasteiger partial charge is 0.480 e. The number of aliphatic carboxylic acids is 1. The maximum absolute atomic E-state index is 12.4. The van der Waals surface area contributed by atoms with Crippen LogP contribution in [0, 0.1) is 6.92 Å². The van der Waals surface area contributed by atoms with Crippen molar-refractivity contribution in [1.82, 2.24) is 5.32 Å². The highest BCUT2D eigenvalue weighted by Gasteiger charge is 2.41. The molecule has 2 rings (SSSR count). The number of benzene rings is 1. The summed E-state index contributed by atoms with van der Waals surface area (Å²) in [7, 11) is 0. The third kappa shape index (κ3) is 2.86. The molecule has 1 aliphatic heterocycles. The summed E-state index contributed by atoms with van der Waals surface area (Å²) in [5.74, 6) is -1.40. The zero-order valence-electron chi connectivity index (χ0n) is 11.1. The molecule has 2 N–H and O–H groups in total. The molecule has 5 nitrogen and oxygen atoms in total. The molecule has 108 valence electrons. The standard InChI is InChI=1S/C14H16BrNO4/c1-9-3-2-4-10(11(9)15)12(17)16-14(13(18)19)5-7-20-8-6-14/h2-4H,5-8H2,1H3,(H,16,17)(H,18,19). The predicted molar refractivity (Wildman–Crippen MR) is 76.8 cm³/mol. The van der Waals surface area contributed by atoms with Gasteiger partial charge >= 0.3 is 5.97 Å². The Morgan fingerprint density at radius 2 is 2.00 bits per heavy atom. The molecule has 0 spiro atoms. The van der Waals surface area contributed by atoms with Gasteiger partial charge in [0, 0.05) is 30.5 Å². The lowest BCUT2D eigenvalue weighted by Crippen LogP contribution is -2.57. The Morgan fingerprint density at radius 3 is 2.60 bits per heavy atom. The molecular weight excluding hydrogens is 326 g/mol. The molecule has 0 unspecified atom stereocenters. The number of carbonyl (C=O) groups excluding carboxylic acids is 1. The summed E-state index contributed by atoms with van der Waals surface area (Å²) in [6, 6.07) is 5.32. The fourth-order valence-electron chi connectivity index (χ4n) is 2.22. The van der Waals surface area contributed by atoms with Gasteiger partial charge in [0.25, 0.3) is 5.91 Å². The Hall–Kier alpha value is -1.40. The van der Waals surface area contributed by atoms with Crippen molar-refractivity contribution in [1.29, 1.82) is 0 Å². The molecule has 0 aliphatic carbocycles. The molecule has 0 aromatic heterocycles. The minimum absolute atomic E-state index is 0.275. The molecule has 1 saturated heterocycles. The molecule has 1 fully saturated rings. The van der Waals surface area contributed by atoms with Crippen molar-refractivity contribution in [2.75, 3.05) is 13.2 Å². The zero-order valence-corrected chi connectivity index (χ0v) is 12.7. The minimum Gasteiger partial charge on any atom is -0.480 e. The molecule has 0 bridgehead atoms. The van der Waals surface area contributed by atoms with Crippen molar-refractivity contribution in [2.45, 2.75) is 25.3 Å². The number of ether oxygens (including phenoxy) is 1. The van der Waals surface area contributed by atoms with Gasteiger partial charge in [-0.15, -0.1) is 0 Å². The van der Waals surface area contributed by atoms with Crippen LogP contribution in [0.5, 0.6) is 0 Å². The Kier molecular flexibility index (Phi) is 4.45. The average molecular weight is 342 g/mol. The summed E-state index contributed by atoms with van der Waals surface area (Å²) < 4.78 is 5.87. The van der Waals surface area contributed by atoms with E-state index in [-0.39, 0.29) is 18.7 Å². The second kappa shape index (κ2) is 5.93. The van der Waals surface area contributed by atoms with Crippen LogP contribution in [-0.2, 0) is 9.53 Å². The van der Waals surface area contributed by atoms with Gasteiger partial charge in [0.05, 0.1) is 5.56 Å². The summed E-state index contributed by atoms with van der Waals surface area (Å²) in [6.07, 6.45) is 0.551. The normalized spacial score (nSPS) is 17.5. The average Bonchev–Trinajstić information content (AvgIpc) is 2.42. The molecule has 20 heavy (non-hydrogen) atoms. The monoisotopic (exact) mass is 341 g/mol. The smallest absolute Gasteiger partial charge is 0.329 e. The molecule has 1 heterocycles. The van der Waals surface area contributed by atoms with Crippen LogP contribution in [-0.4, -0.2) is 35.7 Å². The molecule has 1 aliphatic rings. The Bertz CT molecular complexity index is 538. The zero-order chi connectivity index (χ0) is 14.8. The highest BCUT2D eigenvalue weighted by Crippen LogP contribution is 2.25. The van der Waals surface area contributed by atoms with Crippen LogP contribution in [0.25, 0.3) is 0 Å². The van der Waals surface area contributed by atoms with Crippen LogP contribution in [0.3, 0.4) is 0 Å². The SMILES string of the molecule is Cc1cccc(C(=O)NC2(C(=O)O)CCOCC2)c1Br. The highest BCUT2D eigenvalue weighted by molar-refractivity contribution is 9.10. The molecule has 1 aromatic rings. The van der Waals surface area contributed by atoms with Gasteiger partial charge in [0.2, 0.25) is 0 Å². The third-order valence-corrected chi connectivity index (χ3v) is 4.60. The number of carboxylic acids is 1. The quantitative estimate of drug-likeness (QED) is 0.882. The number of hydrogen-bond acceptors (Lipinski definition) is 3. The minimum atomic E-state index is -1.24. The number of carbonyl (C=O) groups is 2. The second-order valence-electron chi connectivity index (χ2n) is 4.89. The van der Waals surface area contributed by atoms with Crippen molar-refractivity contribution in [2.24, 2.45) is 0 Å². The van der Waals surface area contributed by atoms with E-state index in [0.29, 0.717) is 23.2 Å². The van der Waals surface area contributed by atoms with Crippen molar-refractivity contribution in [3.05, 3.63) is 33.8 Å². The fourth-order valence-corrected chi connectivity index (χ4v) is 2.66. The molecule has 0 radical (unpaired) electrons. The van der Waals surface area contributed by atoms with Gasteiger partial charge in [-0.3, -0.25) is 4.79 Å². The van der Waals surface area contributed by atoms with E-state index in [1.807, 2.05) is 13.0 Å². The van der Waals surface area contributed by atoms with Crippen LogP contribution in [0.2, 0.25) is 0 Å². The van der Waals surface area contributed by atoms with Crippen LogP contribution in [0.1, 0.15) is 28.8 Å². The van der Waals surface area contributed by atoms with E-state index in [4.69, 9.17) is 4.74 Å². The van der Waals surface area contributed by atoms with Gasteiger partial charge in [-0.1, -0.05) is 12.1 Å². The van der Waals surface area contributed by atoms with E-state index in [1.165, 1.54) is 0 Å². The van der Waals surface area contributed by atoms with Gasteiger partial charge in [-0.2, -0.15) is 0 Å². The number of hydrogen-bond donors (Lipinski definition) is 2. The molecule has 1 amide bonds. The second-order valence-corrected chi connectivity index (χ2v) is 5.68. The van der Waals surface area contributed by atoms with Crippen molar-refractivity contribution < 1.29 is 19.4 Å². The first-order chi connectivity index (χ1) is 9.46. The molecule has 6 heteroatoms. The number of amides is 1. The molecule has 0 saturated carbocycles. The van der Waals surface area contributed by atoms with E-state index in [0.717, 1.165) is 5.56 Å². The first kappa shape index (κ1) is 15.0. The number of rotatable bonds is 3. The van der Waals surface area contributed by atoms with Crippen LogP contribution < -0.4 is 5.32 Å². The van der Waals surface area contributed by atoms with Crippen molar-refractivity contribution in [3.63, 3.8) is 0 Å². The van der Waals surface area contributed by atoms with Gasteiger partial charge in [0.15, 0.2) is 0 Å². The van der Waals surface area contributed by atoms with Crippen LogP contribution in [0.4, 0.5) is 0 Å². The topological polar surface area (TPSA) is 75.6 Å². The Labute approximate surface area is 125 Å². The van der Waals surface area contributed by atoms with Crippen molar-refractivity contribution >= 4 is 27.8 Å². The van der Waals surface area contributed by atoms with E-state index in [1.54, 1.807) is 12.1 Å². The lowest BCUT2D eigenvalue weighted by atomic mass is 9.89. The van der Waals surface area contributed by atoms with Crippen LogP contribution >= 0.6 is 15.9 Å². The maximum Gasteiger partial charge on any atom is 0.329 e. The highest BCUT2D eigenvalue weighted by atomic mass is 79.9. The van der Waals surface area contributed by atoms with E-state index >= 15 is 0 Å². The first-order valence-electron chi connectivity index (χ1n) is 6.35. The van der Waals surface area contributed by atoms with Gasteiger partial charge < -0.3 is 15.2 Å². The Balaban J connectivity index is 2.25. The predicted octanol–water partition coefficient (Wildman–Crippen LogP) is 2.12. The van der Waals surface area contributed by atoms with Gasteiger partial charge in [-0.05, 0) is 34.5 Å². The number of aryl methyl sites for hydroxylation is 1. The molecular formula is C14H16BrNO4. The summed E-state index contributed by atoms with van der Waals surface area (Å²) in [5, 5.41) is 12.1. The molecule has 0 atom stereocenters. The number of carboxylic acid groups (broad SMARTS) is 1. The van der Waals surface area contributed by atoms with Crippen LogP contribution in [0.15, 0.2) is 22.7 Å². The van der Waals surface area contributed by atoms with Crippen molar-refractivity contribution in [3.8, 4) is 0 Å². The molecule has 1 aromatic carbocycles. The lowest BCUT2D eigenvalue weighted by Gasteiger charge is -2.34. The van der Waals surface area contributed by atoms with E-state index in [9.17, 15) is 14.7 Å². The summed E-state index contributed by atoms with van der Waals surface area (Å²) in [5.41, 5.74) is 0.129. The number of nitrogens with one attached hydrogen (secondary N) is 1. The summed E-state index contributed by atoms with van der Waals surface area (Å²) in [4.78, 5) is 23.9. The lowest BCUT2D eigenvalue weighted by molar-refractivity contribution is -0.148. The first-order valence-corrected chi connectivity index (χ1v) is 7.14. The summed E-state index contributed by atoms with van der Waals surface area (Å²) >= 11 is 3.37. The van der Waals surface area contributed by atoms with E-state index < -0.39 is 11.5 Å². The maximum atomic E-state index is 12.4.